The van der Waals surface area contributed by atoms with Gasteiger partial charge in [-0.05, 0) is 43.7 Å². The lowest BCUT2D eigenvalue weighted by Crippen LogP contribution is -2.53. The summed E-state index contributed by atoms with van der Waals surface area (Å²) in [7, 11) is -3.36. The van der Waals surface area contributed by atoms with E-state index in [1.165, 1.54) is 46.0 Å². The lowest BCUT2D eigenvalue weighted by Gasteiger charge is -2.42. The maximum atomic E-state index is 12.6. The molecule has 1 aliphatic heterocycles. The van der Waals surface area contributed by atoms with Crippen molar-refractivity contribution in [3.63, 3.8) is 0 Å². The number of ether oxygens (including phenoxy) is 2. The van der Waals surface area contributed by atoms with Crippen molar-refractivity contribution < 1.29 is 35.9 Å². The van der Waals surface area contributed by atoms with Crippen molar-refractivity contribution >= 4 is 15.9 Å². The van der Waals surface area contributed by atoms with Gasteiger partial charge in [0.25, 0.3) is 5.56 Å². The van der Waals surface area contributed by atoms with Crippen LogP contribution in [0.2, 0.25) is 0 Å². The van der Waals surface area contributed by atoms with Gasteiger partial charge in [-0.2, -0.15) is 13.2 Å². The van der Waals surface area contributed by atoms with E-state index in [9.17, 15) is 31.2 Å². The molecule has 0 aliphatic carbocycles. The van der Waals surface area contributed by atoms with Gasteiger partial charge >= 0.3 is 12.3 Å². The molecule has 2 aromatic rings. The van der Waals surface area contributed by atoms with Gasteiger partial charge in [-0.15, -0.1) is 0 Å². The predicted molar refractivity (Wildman–Crippen MR) is 122 cm³/mol. The van der Waals surface area contributed by atoms with E-state index in [-0.39, 0.29) is 22.6 Å². The normalized spacial score (nSPS) is 21.0. The first-order chi connectivity index (χ1) is 16.3. The number of hydrogen-bond acceptors (Lipinski definition) is 6. The van der Waals surface area contributed by atoms with Gasteiger partial charge in [-0.3, -0.25) is 9.36 Å². The molecule has 1 fully saturated rings. The maximum Gasteiger partial charge on any atom is 0.422 e. The third-order valence-electron chi connectivity index (χ3n) is 5.79. The van der Waals surface area contributed by atoms with Crippen LogP contribution in [0.4, 0.5) is 18.0 Å². The van der Waals surface area contributed by atoms with Crippen LogP contribution in [0, 0.1) is 0 Å². The molecule has 0 saturated carbocycles. The summed E-state index contributed by atoms with van der Waals surface area (Å²) in [5.74, 6) is 0.319. The average Bonchev–Trinajstić information content (AvgIpc) is 2.76. The number of halogens is 3. The molecule has 3 atom stereocenters. The molecule has 0 N–H and O–H groups in total. The van der Waals surface area contributed by atoms with Crippen LogP contribution in [-0.4, -0.2) is 61.2 Å². The molecule has 0 radical (unpaired) electrons. The van der Waals surface area contributed by atoms with E-state index in [1.54, 1.807) is 13.0 Å². The van der Waals surface area contributed by atoms with Crippen LogP contribution in [-0.2, 0) is 14.6 Å². The Kier molecular flexibility index (Phi) is 7.83. The van der Waals surface area contributed by atoms with Gasteiger partial charge in [-0.1, -0.05) is 6.92 Å². The number of aromatic nitrogens is 1. The molecule has 192 valence electrons. The summed E-state index contributed by atoms with van der Waals surface area (Å²) < 4.78 is 72.3. The van der Waals surface area contributed by atoms with Crippen molar-refractivity contribution in [3.8, 4) is 11.4 Å². The number of alkyl halides is 3. The van der Waals surface area contributed by atoms with Crippen molar-refractivity contribution in [1.29, 1.82) is 0 Å². The van der Waals surface area contributed by atoms with Crippen LogP contribution in [0.5, 0.6) is 5.75 Å². The Balaban J connectivity index is 1.69. The number of piperidine rings is 1. The van der Waals surface area contributed by atoms with Crippen molar-refractivity contribution in [1.82, 2.24) is 9.47 Å². The third kappa shape index (κ3) is 6.77. The fraction of sp³-hybridized carbons (Fsp3) is 0.478. The molecule has 1 aromatic carbocycles. The fourth-order valence-electron chi connectivity index (χ4n) is 4.17. The SMILES string of the molecule is CC[C@@H]1C[C@H](Oc2ccn(-c3ccc(S(C)(=O)=O)cc3)c(=O)c2)C[C@@H](C)N1C(=O)OCC(F)(F)F. The Labute approximate surface area is 201 Å². The molecule has 35 heavy (non-hydrogen) atoms. The number of amides is 1. The van der Waals surface area contributed by atoms with Crippen molar-refractivity contribution in [2.24, 2.45) is 0 Å². The predicted octanol–water partition coefficient (Wildman–Crippen LogP) is 3.95. The number of carbonyl (C=O) groups excluding carboxylic acids is 1. The van der Waals surface area contributed by atoms with Gasteiger partial charge in [-0.25, -0.2) is 13.2 Å². The minimum atomic E-state index is -4.60. The maximum absolute atomic E-state index is 12.6. The van der Waals surface area contributed by atoms with Crippen molar-refractivity contribution in [2.45, 2.75) is 62.4 Å². The highest BCUT2D eigenvalue weighted by molar-refractivity contribution is 7.90. The first-order valence-corrected chi connectivity index (χ1v) is 12.9. The minimum Gasteiger partial charge on any atom is -0.490 e. The highest BCUT2D eigenvalue weighted by Gasteiger charge is 2.39. The number of sulfone groups is 1. The molecule has 12 heteroatoms. The van der Waals surface area contributed by atoms with E-state index in [1.807, 2.05) is 6.92 Å². The monoisotopic (exact) mass is 516 g/mol. The second kappa shape index (κ2) is 10.3. The van der Waals surface area contributed by atoms with Crippen LogP contribution < -0.4 is 10.3 Å². The zero-order chi connectivity index (χ0) is 26.0. The first kappa shape index (κ1) is 26.6. The Hall–Kier alpha value is -3.02. The van der Waals surface area contributed by atoms with E-state index in [2.05, 4.69) is 4.74 Å². The van der Waals surface area contributed by atoms with E-state index in [4.69, 9.17) is 4.74 Å². The molecule has 8 nitrogen and oxygen atoms in total. The number of benzene rings is 1. The lowest BCUT2D eigenvalue weighted by molar-refractivity contribution is -0.164. The second-order valence-electron chi connectivity index (χ2n) is 8.54. The summed E-state index contributed by atoms with van der Waals surface area (Å²) in [6.45, 7) is 1.89. The van der Waals surface area contributed by atoms with Crippen LogP contribution in [0.3, 0.4) is 0 Å². The minimum absolute atomic E-state index is 0.141. The first-order valence-electron chi connectivity index (χ1n) is 11.0. The Morgan fingerprint density at radius 1 is 1.14 bits per heavy atom. The molecule has 0 bridgehead atoms. The van der Waals surface area contributed by atoms with Gasteiger partial charge in [0, 0.05) is 49.1 Å². The van der Waals surface area contributed by atoms with E-state index in [0.29, 0.717) is 30.7 Å². The molecule has 0 unspecified atom stereocenters. The van der Waals surface area contributed by atoms with E-state index < -0.39 is 34.8 Å². The molecular formula is C23H27F3N2O6S. The standard InChI is InChI=1S/C23H27F3N2O6S/c1-4-16-12-19(11-15(2)28(16)22(30)33-14-23(24,25)26)34-18-9-10-27(21(29)13-18)17-5-7-20(8-6-17)35(3,31)32/h5-10,13,15-16,19H,4,11-12,14H2,1-3H3/t15-,16-,19-/m1/s1. The molecular weight excluding hydrogens is 489 g/mol. The summed E-state index contributed by atoms with van der Waals surface area (Å²) in [6, 6.07) is 7.99. The molecule has 1 aliphatic rings. The molecule has 3 rings (SSSR count). The van der Waals surface area contributed by atoms with Gasteiger partial charge in [0.15, 0.2) is 16.4 Å². The molecule has 1 aromatic heterocycles. The second-order valence-corrected chi connectivity index (χ2v) is 10.6. The quantitative estimate of drug-likeness (QED) is 0.577. The summed E-state index contributed by atoms with van der Waals surface area (Å²) in [5.41, 5.74) is 0.0992. The summed E-state index contributed by atoms with van der Waals surface area (Å²) in [5, 5.41) is 0. The number of likely N-dealkylation sites (tertiary alicyclic amines) is 1. The molecule has 0 spiro atoms. The summed E-state index contributed by atoms with van der Waals surface area (Å²) in [4.78, 5) is 26.4. The zero-order valence-corrected chi connectivity index (χ0v) is 20.3. The highest BCUT2D eigenvalue weighted by Crippen LogP contribution is 2.29. The van der Waals surface area contributed by atoms with Crippen LogP contribution in [0.25, 0.3) is 5.69 Å². The van der Waals surface area contributed by atoms with Gasteiger partial charge < -0.3 is 14.4 Å². The molecule has 2 heterocycles. The van der Waals surface area contributed by atoms with Gasteiger partial charge in [0.1, 0.15) is 11.9 Å². The lowest BCUT2D eigenvalue weighted by atomic mass is 9.92. The topological polar surface area (TPSA) is 94.9 Å². The summed E-state index contributed by atoms with van der Waals surface area (Å²) in [6.07, 6.45) is -2.13. The third-order valence-corrected chi connectivity index (χ3v) is 6.91. The highest BCUT2D eigenvalue weighted by atomic mass is 32.2. The fourth-order valence-corrected chi connectivity index (χ4v) is 4.80. The average molecular weight is 517 g/mol. The number of rotatable bonds is 6. The van der Waals surface area contributed by atoms with Crippen LogP contribution >= 0.6 is 0 Å². The number of pyridine rings is 1. The summed E-state index contributed by atoms with van der Waals surface area (Å²) >= 11 is 0. The smallest absolute Gasteiger partial charge is 0.422 e. The largest absolute Gasteiger partial charge is 0.490 e. The van der Waals surface area contributed by atoms with Gasteiger partial charge in [0.2, 0.25) is 0 Å². The van der Waals surface area contributed by atoms with Gasteiger partial charge in [0.05, 0.1) is 4.90 Å². The van der Waals surface area contributed by atoms with Crippen LogP contribution in [0.1, 0.15) is 33.1 Å². The Bertz CT molecular complexity index is 1210. The molecule has 1 saturated heterocycles. The van der Waals surface area contributed by atoms with Crippen molar-refractivity contribution in [3.05, 3.63) is 52.9 Å². The molecule has 1 amide bonds. The zero-order valence-electron chi connectivity index (χ0n) is 19.5. The van der Waals surface area contributed by atoms with Crippen molar-refractivity contribution in [2.75, 3.05) is 12.9 Å². The number of hydrogen-bond donors (Lipinski definition) is 0. The van der Waals surface area contributed by atoms with Crippen LogP contribution in [0.15, 0.2) is 52.3 Å². The van der Waals surface area contributed by atoms with E-state index in [0.717, 1.165) is 6.26 Å². The Morgan fingerprint density at radius 2 is 1.80 bits per heavy atom. The Morgan fingerprint density at radius 3 is 2.34 bits per heavy atom. The number of carbonyl (C=O) groups is 1. The number of nitrogens with zero attached hydrogens (tertiary/aromatic N) is 2. The van der Waals surface area contributed by atoms with E-state index >= 15 is 0 Å².